The fourth-order valence-electron chi connectivity index (χ4n) is 2.23. The molecule has 0 heterocycles. The Bertz CT molecular complexity index is 157. The maximum absolute atomic E-state index is 2.32. The summed E-state index contributed by atoms with van der Waals surface area (Å²) < 4.78 is 0. The van der Waals surface area contributed by atoms with E-state index in [1.54, 1.807) is 0 Å². The Morgan fingerprint density at radius 1 is 0.389 bits per heavy atom. The molecule has 0 aromatic carbocycles. The van der Waals surface area contributed by atoms with Gasteiger partial charge in [-0.2, -0.15) is 0 Å². The molecule has 2 aliphatic carbocycles. The number of rotatable bonds is 0. The van der Waals surface area contributed by atoms with E-state index in [4.69, 9.17) is 0 Å². The Balaban J connectivity index is 0. The van der Waals surface area contributed by atoms with Crippen LogP contribution >= 0.6 is 0 Å². The molecule has 0 aliphatic heterocycles. The second-order valence-corrected chi connectivity index (χ2v) is 4.93. The van der Waals surface area contributed by atoms with Gasteiger partial charge in [-0.25, -0.2) is 0 Å². The van der Waals surface area contributed by atoms with Crippen LogP contribution in [0.2, 0.25) is 0 Å². The van der Waals surface area contributed by atoms with E-state index in [1.165, 1.54) is 77.0 Å². The Morgan fingerprint density at radius 2 is 0.611 bits per heavy atom. The van der Waals surface area contributed by atoms with Crippen LogP contribution < -0.4 is 12.4 Å². The van der Waals surface area contributed by atoms with Gasteiger partial charge in [-0.1, -0.05) is 50.0 Å². The van der Waals surface area contributed by atoms with E-state index < -0.39 is 0 Å². The third kappa shape index (κ3) is 14.5. The van der Waals surface area contributed by atoms with Gasteiger partial charge in [-0.15, -0.1) is 0 Å². The van der Waals surface area contributed by atoms with Crippen molar-refractivity contribution in [2.75, 3.05) is 0 Å². The molecular formula is C16H28ClIr. The van der Waals surface area contributed by atoms with Crippen molar-refractivity contribution in [1.29, 1.82) is 0 Å². The zero-order chi connectivity index (χ0) is 11.3. The number of allylic oxidation sites excluding steroid dienone is 4. The predicted molar refractivity (Wildman–Crippen MR) is 73.7 cm³/mol. The molecule has 0 saturated heterocycles. The summed E-state index contributed by atoms with van der Waals surface area (Å²) >= 11 is 0. The van der Waals surface area contributed by atoms with Crippen molar-refractivity contribution in [3.63, 3.8) is 0 Å². The van der Waals surface area contributed by atoms with Gasteiger partial charge in [0.25, 0.3) is 0 Å². The van der Waals surface area contributed by atoms with E-state index in [9.17, 15) is 0 Å². The Labute approximate surface area is 133 Å². The molecule has 2 rings (SSSR count). The summed E-state index contributed by atoms with van der Waals surface area (Å²) in [5, 5.41) is 0. The van der Waals surface area contributed by atoms with Crippen molar-refractivity contribution >= 4 is 0 Å². The molecule has 0 saturated carbocycles. The molecule has 18 heavy (non-hydrogen) atoms. The van der Waals surface area contributed by atoms with Gasteiger partial charge in [0.05, 0.1) is 0 Å². The minimum absolute atomic E-state index is 0. The van der Waals surface area contributed by atoms with Gasteiger partial charge in [0.1, 0.15) is 0 Å². The molecule has 0 N–H and O–H groups in total. The predicted octanol–water partition coefficient (Wildman–Crippen LogP) is 2.80. The van der Waals surface area contributed by atoms with E-state index in [-0.39, 0.29) is 32.5 Å². The summed E-state index contributed by atoms with van der Waals surface area (Å²) in [5.41, 5.74) is 0. The Morgan fingerprint density at radius 3 is 0.833 bits per heavy atom. The fourth-order valence-corrected chi connectivity index (χ4v) is 2.23. The van der Waals surface area contributed by atoms with Crippen LogP contribution in [0.3, 0.4) is 0 Å². The number of halogens is 1. The van der Waals surface area contributed by atoms with Crippen molar-refractivity contribution < 1.29 is 32.5 Å². The van der Waals surface area contributed by atoms with E-state index in [1.807, 2.05) is 0 Å². The van der Waals surface area contributed by atoms with E-state index in [0.29, 0.717) is 0 Å². The smallest absolute Gasteiger partial charge is 1.00 e. The molecule has 0 aromatic rings. The van der Waals surface area contributed by atoms with Crippen molar-refractivity contribution in [2.45, 2.75) is 77.0 Å². The zero-order valence-electron chi connectivity index (χ0n) is 11.5. The molecule has 2 heteroatoms. The summed E-state index contributed by atoms with van der Waals surface area (Å²) in [7, 11) is 0. The fraction of sp³-hybridized carbons (Fsp3) is 0.750. The third-order valence-corrected chi connectivity index (χ3v) is 3.32. The SMILES string of the molecule is C1=C\CCCCCC/1.C1=C\CCCCCC/1.[Cl-].[Ir+]. The maximum Gasteiger partial charge on any atom is 1.00 e. The number of hydrogen-bond donors (Lipinski definition) is 0. The quantitative estimate of drug-likeness (QED) is 0.501. The van der Waals surface area contributed by atoms with Gasteiger partial charge in [-0.3, -0.25) is 0 Å². The molecule has 0 spiro atoms. The molecule has 0 unspecified atom stereocenters. The first-order valence-corrected chi connectivity index (χ1v) is 7.30. The molecule has 0 amide bonds. The van der Waals surface area contributed by atoms with E-state index in [0.717, 1.165) is 0 Å². The average molecular weight is 448 g/mol. The van der Waals surface area contributed by atoms with Crippen LogP contribution in [0, 0.1) is 0 Å². The van der Waals surface area contributed by atoms with Gasteiger partial charge >= 0.3 is 20.1 Å². The van der Waals surface area contributed by atoms with Crippen LogP contribution in [0.5, 0.6) is 0 Å². The third-order valence-electron chi connectivity index (χ3n) is 3.32. The summed E-state index contributed by atoms with van der Waals surface area (Å²) in [5.74, 6) is 0. The normalized spacial score (nSPS) is 23.1. The first-order valence-electron chi connectivity index (χ1n) is 7.30. The standard InChI is InChI=1S/2C8H14.ClH.Ir/c2*1-2-4-6-8-7-5-3-1;;/h2*1-2H,3-8H2;1H;/q;;;+1/p-1/b2*2-1-;;. The van der Waals surface area contributed by atoms with Crippen molar-refractivity contribution in [2.24, 2.45) is 0 Å². The van der Waals surface area contributed by atoms with Crippen LogP contribution in [0.15, 0.2) is 24.3 Å². The maximum atomic E-state index is 2.32. The van der Waals surface area contributed by atoms with Gasteiger partial charge in [0.2, 0.25) is 0 Å². The molecule has 0 nitrogen and oxygen atoms in total. The van der Waals surface area contributed by atoms with Crippen LogP contribution in [-0.4, -0.2) is 0 Å². The summed E-state index contributed by atoms with van der Waals surface area (Å²) in [6.07, 6.45) is 26.0. The Kier molecular flexibility index (Phi) is 20.1. The summed E-state index contributed by atoms with van der Waals surface area (Å²) in [4.78, 5) is 0. The second-order valence-electron chi connectivity index (χ2n) is 4.93. The van der Waals surface area contributed by atoms with Crippen molar-refractivity contribution in [1.82, 2.24) is 0 Å². The van der Waals surface area contributed by atoms with Crippen LogP contribution in [-0.2, 0) is 20.1 Å². The molecule has 0 radical (unpaired) electrons. The first kappa shape index (κ1) is 20.7. The second kappa shape index (κ2) is 17.4. The monoisotopic (exact) mass is 448 g/mol. The number of hydrogen-bond acceptors (Lipinski definition) is 0. The van der Waals surface area contributed by atoms with Crippen molar-refractivity contribution in [3.8, 4) is 0 Å². The minimum Gasteiger partial charge on any atom is -1.00 e. The molecule has 0 atom stereocenters. The van der Waals surface area contributed by atoms with Gasteiger partial charge in [0.15, 0.2) is 0 Å². The van der Waals surface area contributed by atoms with Crippen LogP contribution in [0.25, 0.3) is 0 Å². The molecule has 108 valence electrons. The van der Waals surface area contributed by atoms with Crippen LogP contribution in [0.1, 0.15) is 77.0 Å². The first-order chi connectivity index (χ1) is 8.00. The van der Waals surface area contributed by atoms with E-state index >= 15 is 0 Å². The van der Waals surface area contributed by atoms with Crippen LogP contribution in [0.4, 0.5) is 0 Å². The molecule has 0 fully saturated rings. The Hall–Kier alpha value is 0.419. The topological polar surface area (TPSA) is 0 Å². The summed E-state index contributed by atoms with van der Waals surface area (Å²) in [6, 6.07) is 0. The molecule has 2 aliphatic rings. The van der Waals surface area contributed by atoms with Gasteiger partial charge in [-0.05, 0) is 51.4 Å². The average Bonchev–Trinajstić information content (AvgIpc) is 2.15. The molecule has 0 bridgehead atoms. The minimum atomic E-state index is 0. The zero-order valence-corrected chi connectivity index (χ0v) is 14.7. The largest absolute Gasteiger partial charge is 1.00 e. The van der Waals surface area contributed by atoms with Crippen molar-refractivity contribution in [3.05, 3.63) is 24.3 Å². The molecular weight excluding hydrogens is 420 g/mol. The van der Waals surface area contributed by atoms with Gasteiger partial charge in [0, 0.05) is 0 Å². The molecule has 0 aromatic heterocycles. The van der Waals surface area contributed by atoms with E-state index in [2.05, 4.69) is 24.3 Å². The van der Waals surface area contributed by atoms with Gasteiger partial charge < -0.3 is 12.4 Å². The summed E-state index contributed by atoms with van der Waals surface area (Å²) in [6.45, 7) is 0.